The molecular formula is C24H24N4O2. The fourth-order valence-electron chi connectivity index (χ4n) is 3.39. The van der Waals surface area contributed by atoms with Crippen LogP contribution in [0.25, 0.3) is 16.8 Å². The molecule has 0 atom stereocenters. The summed E-state index contributed by atoms with van der Waals surface area (Å²) in [5.41, 5.74) is 7.06. The van der Waals surface area contributed by atoms with Crippen molar-refractivity contribution in [1.29, 1.82) is 0 Å². The Bertz CT molecular complexity index is 1250. The van der Waals surface area contributed by atoms with E-state index in [9.17, 15) is 4.79 Å². The van der Waals surface area contributed by atoms with Crippen LogP contribution in [0.1, 0.15) is 22.3 Å². The SMILES string of the molecule is Cc1ccc(-c2ccc(COc3c(C)cccc3-n3nnn(C)c3=O)c(C)c2)cc1. The maximum absolute atomic E-state index is 12.3. The van der Waals surface area contributed by atoms with Gasteiger partial charge in [-0.15, -0.1) is 0 Å². The molecule has 4 rings (SSSR count). The monoisotopic (exact) mass is 400 g/mol. The van der Waals surface area contributed by atoms with Gasteiger partial charge in [-0.1, -0.05) is 60.2 Å². The van der Waals surface area contributed by atoms with Crippen LogP contribution in [0.4, 0.5) is 0 Å². The molecule has 3 aromatic carbocycles. The number of aromatic nitrogens is 4. The lowest BCUT2D eigenvalue weighted by Crippen LogP contribution is -2.22. The standard InChI is InChI=1S/C24H24N4O2/c1-16-8-10-19(11-9-16)20-12-13-21(18(3)14-20)15-30-23-17(2)6-5-7-22(23)28-24(29)27(4)25-26-28/h5-14H,15H2,1-4H3. The second-order valence-electron chi connectivity index (χ2n) is 7.52. The van der Waals surface area contributed by atoms with E-state index >= 15 is 0 Å². The topological polar surface area (TPSA) is 61.9 Å². The van der Waals surface area contributed by atoms with Gasteiger partial charge in [0.2, 0.25) is 0 Å². The molecule has 0 aliphatic heterocycles. The first-order valence-corrected chi connectivity index (χ1v) is 9.82. The molecule has 0 spiro atoms. The Kier molecular flexibility index (Phi) is 5.23. The fourth-order valence-corrected chi connectivity index (χ4v) is 3.39. The molecule has 6 nitrogen and oxygen atoms in total. The third-order valence-corrected chi connectivity index (χ3v) is 5.24. The molecule has 1 aromatic heterocycles. The summed E-state index contributed by atoms with van der Waals surface area (Å²) in [5, 5.41) is 7.75. The minimum absolute atomic E-state index is 0.316. The lowest BCUT2D eigenvalue weighted by atomic mass is 9.99. The summed E-state index contributed by atoms with van der Waals surface area (Å²) in [5.74, 6) is 0.627. The Labute approximate surface area is 175 Å². The molecule has 0 bridgehead atoms. The number of hydrogen-bond acceptors (Lipinski definition) is 4. The third-order valence-electron chi connectivity index (χ3n) is 5.24. The summed E-state index contributed by atoms with van der Waals surface area (Å²) >= 11 is 0. The number of tetrazole rings is 1. The van der Waals surface area contributed by atoms with Gasteiger partial charge in [0.1, 0.15) is 18.0 Å². The summed E-state index contributed by atoms with van der Waals surface area (Å²) in [7, 11) is 1.57. The number of hydrogen-bond donors (Lipinski definition) is 0. The van der Waals surface area contributed by atoms with Crippen LogP contribution in [-0.4, -0.2) is 19.8 Å². The van der Waals surface area contributed by atoms with Crippen LogP contribution in [0.15, 0.2) is 65.5 Å². The Hall–Kier alpha value is -3.67. The molecule has 0 aliphatic rings. The lowest BCUT2D eigenvalue weighted by Gasteiger charge is -2.15. The Morgan fingerprint density at radius 2 is 1.60 bits per heavy atom. The summed E-state index contributed by atoms with van der Waals surface area (Å²) in [6, 6.07) is 20.5. The lowest BCUT2D eigenvalue weighted by molar-refractivity contribution is 0.301. The average molecular weight is 400 g/mol. The third kappa shape index (κ3) is 3.76. The van der Waals surface area contributed by atoms with Crippen molar-refractivity contribution < 1.29 is 4.74 Å². The van der Waals surface area contributed by atoms with E-state index in [1.807, 2.05) is 25.1 Å². The molecule has 0 saturated heterocycles. The largest absolute Gasteiger partial charge is 0.486 e. The molecule has 0 N–H and O–H groups in total. The van der Waals surface area contributed by atoms with Gasteiger partial charge in [-0.05, 0) is 65.1 Å². The molecule has 0 unspecified atom stereocenters. The van der Waals surface area contributed by atoms with Crippen LogP contribution in [0.5, 0.6) is 5.75 Å². The predicted molar refractivity (Wildman–Crippen MR) is 117 cm³/mol. The van der Waals surface area contributed by atoms with Crippen molar-refractivity contribution in [2.24, 2.45) is 7.05 Å². The maximum atomic E-state index is 12.3. The van der Waals surface area contributed by atoms with Gasteiger partial charge in [-0.2, -0.15) is 9.36 Å². The van der Waals surface area contributed by atoms with Gasteiger partial charge in [-0.25, -0.2) is 4.79 Å². The maximum Gasteiger partial charge on any atom is 0.368 e. The van der Waals surface area contributed by atoms with E-state index in [4.69, 9.17) is 4.74 Å². The first-order valence-electron chi connectivity index (χ1n) is 9.82. The number of rotatable bonds is 5. The van der Waals surface area contributed by atoms with Crippen molar-refractivity contribution in [3.05, 3.63) is 93.4 Å². The van der Waals surface area contributed by atoms with Gasteiger partial charge in [0, 0.05) is 7.05 Å². The van der Waals surface area contributed by atoms with Gasteiger partial charge < -0.3 is 4.74 Å². The van der Waals surface area contributed by atoms with Crippen LogP contribution in [0.2, 0.25) is 0 Å². The Morgan fingerprint density at radius 1 is 0.867 bits per heavy atom. The molecule has 6 heteroatoms. The number of benzene rings is 3. The summed E-state index contributed by atoms with van der Waals surface area (Å²) < 4.78 is 8.63. The Balaban J connectivity index is 1.60. The first-order chi connectivity index (χ1) is 14.4. The van der Waals surface area contributed by atoms with Crippen molar-refractivity contribution in [3.8, 4) is 22.6 Å². The zero-order chi connectivity index (χ0) is 21.3. The van der Waals surface area contributed by atoms with E-state index < -0.39 is 0 Å². The highest BCUT2D eigenvalue weighted by Gasteiger charge is 2.15. The van der Waals surface area contributed by atoms with Gasteiger partial charge in [0.25, 0.3) is 0 Å². The average Bonchev–Trinajstić information content (AvgIpc) is 3.07. The van der Waals surface area contributed by atoms with Crippen LogP contribution < -0.4 is 10.4 Å². The van der Waals surface area contributed by atoms with Crippen LogP contribution >= 0.6 is 0 Å². The molecule has 0 amide bonds. The second-order valence-corrected chi connectivity index (χ2v) is 7.52. The number of ether oxygens (including phenoxy) is 1. The van der Waals surface area contributed by atoms with Gasteiger partial charge in [0.05, 0.1) is 0 Å². The van der Waals surface area contributed by atoms with E-state index in [2.05, 4.69) is 66.7 Å². The molecule has 30 heavy (non-hydrogen) atoms. The van der Waals surface area contributed by atoms with Gasteiger partial charge in [0.15, 0.2) is 0 Å². The fraction of sp³-hybridized carbons (Fsp3) is 0.208. The van der Waals surface area contributed by atoms with E-state index in [1.54, 1.807) is 7.05 Å². The highest BCUT2D eigenvalue weighted by Crippen LogP contribution is 2.28. The van der Waals surface area contributed by atoms with Crippen molar-refractivity contribution in [2.75, 3.05) is 0 Å². The molecular weight excluding hydrogens is 376 g/mol. The minimum Gasteiger partial charge on any atom is -0.486 e. The van der Waals surface area contributed by atoms with Gasteiger partial charge in [-0.3, -0.25) is 0 Å². The molecule has 0 saturated carbocycles. The Morgan fingerprint density at radius 3 is 2.27 bits per heavy atom. The number of nitrogens with zero attached hydrogens (tertiary/aromatic N) is 4. The van der Waals surface area contributed by atoms with Gasteiger partial charge >= 0.3 is 5.69 Å². The minimum atomic E-state index is -0.316. The van der Waals surface area contributed by atoms with Crippen LogP contribution in [0, 0.1) is 20.8 Å². The van der Waals surface area contributed by atoms with E-state index in [1.165, 1.54) is 26.1 Å². The smallest absolute Gasteiger partial charge is 0.368 e. The molecule has 0 fully saturated rings. The molecule has 1 heterocycles. The van der Waals surface area contributed by atoms with E-state index in [-0.39, 0.29) is 5.69 Å². The first kappa shape index (κ1) is 19.6. The predicted octanol–water partition coefficient (Wildman–Crippen LogP) is 4.14. The van der Waals surface area contributed by atoms with Crippen LogP contribution in [0.3, 0.4) is 0 Å². The van der Waals surface area contributed by atoms with E-state index in [0.29, 0.717) is 18.0 Å². The number of aryl methyl sites for hydroxylation is 4. The molecule has 0 radical (unpaired) electrons. The zero-order valence-electron chi connectivity index (χ0n) is 17.6. The van der Waals surface area contributed by atoms with Crippen molar-refractivity contribution in [1.82, 2.24) is 19.8 Å². The summed E-state index contributed by atoms with van der Waals surface area (Å²) in [4.78, 5) is 12.3. The molecule has 4 aromatic rings. The summed E-state index contributed by atoms with van der Waals surface area (Å²) in [6.45, 7) is 6.52. The highest BCUT2D eigenvalue weighted by atomic mass is 16.5. The van der Waals surface area contributed by atoms with Crippen molar-refractivity contribution in [2.45, 2.75) is 27.4 Å². The normalized spacial score (nSPS) is 10.9. The van der Waals surface area contributed by atoms with E-state index in [0.717, 1.165) is 16.7 Å². The van der Waals surface area contributed by atoms with Crippen LogP contribution in [-0.2, 0) is 13.7 Å². The quantitative estimate of drug-likeness (QED) is 0.505. The van der Waals surface area contributed by atoms with Crippen molar-refractivity contribution >= 4 is 0 Å². The van der Waals surface area contributed by atoms with Crippen molar-refractivity contribution in [3.63, 3.8) is 0 Å². The second kappa shape index (κ2) is 7.99. The molecule has 0 aliphatic carbocycles. The molecule has 152 valence electrons. The highest BCUT2D eigenvalue weighted by molar-refractivity contribution is 5.65. The summed E-state index contributed by atoms with van der Waals surface area (Å²) in [6.07, 6.45) is 0. The zero-order valence-corrected chi connectivity index (χ0v) is 17.6. The number of para-hydroxylation sites is 1.